The topological polar surface area (TPSA) is 105 Å². The van der Waals surface area contributed by atoms with Crippen LogP contribution in [-0.2, 0) is 22.6 Å². The monoisotopic (exact) mass is 561 g/mol. The van der Waals surface area contributed by atoms with Crippen molar-refractivity contribution in [2.75, 3.05) is 63.1 Å². The van der Waals surface area contributed by atoms with Crippen LogP contribution in [0.4, 0.5) is 23.0 Å². The van der Waals surface area contributed by atoms with E-state index in [1.54, 1.807) is 25.6 Å². The number of methoxy groups -OCH3 is 1. The van der Waals surface area contributed by atoms with Crippen molar-refractivity contribution in [3.63, 3.8) is 0 Å². The van der Waals surface area contributed by atoms with Gasteiger partial charge in [-0.1, -0.05) is 24.8 Å². The van der Waals surface area contributed by atoms with Gasteiger partial charge < -0.3 is 29.7 Å². The van der Waals surface area contributed by atoms with Crippen LogP contribution in [0.2, 0.25) is 0 Å². The summed E-state index contributed by atoms with van der Waals surface area (Å²) in [6, 6.07) is 11.6. The Kier molecular flexibility index (Phi) is 8.86. The Morgan fingerprint density at radius 2 is 1.93 bits per heavy atom. The highest BCUT2D eigenvalue weighted by Gasteiger charge is 2.20. The molecule has 4 aromatic rings. The second-order valence-corrected chi connectivity index (χ2v) is 11.0. The minimum atomic E-state index is -1.31. The summed E-state index contributed by atoms with van der Waals surface area (Å²) in [7, 11) is 8.21. The number of aromatic nitrogens is 3. The summed E-state index contributed by atoms with van der Waals surface area (Å²) < 4.78 is 20.4. The maximum Gasteiger partial charge on any atom is 0.247 e. The molecule has 0 aliphatic rings. The Morgan fingerprint density at radius 1 is 1.18 bits per heavy atom. The summed E-state index contributed by atoms with van der Waals surface area (Å²) in [6.45, 7) is 5.13. The van der Waals surface area contributed by atoms with E-state index in [9.17, 15) is 9.00 Å². The van der Waals surface area contributed by atoms with E-state index in [2.05, 4.69) is 27.1 Å². The van der Waals surface area contributed by atoms with Crippen molar-refractivity contribution in [3.8, 4) is 17.0 Å². The molecule has 2 N–H and O–H groups in total. The average Bonchev–Trinajstić information content (AvgIpc) is 3.27. The molecule has 0 aliphatic heterocycles. The van der Waals surface area contributed by atoms with Crippen LogP contribution >= 0.6 is 0 Å². The molecule has 1 atom stereocenters. The first-order valence-corrected chi connectivity index (χ1v) is 14.2. The quantitative estimate of drug-likeness (QED) is 0.262. The Balaban J connectivity index is 1.79. The lowest BCUT2D eigenvalue weighted by Crippen LogP contribution is -2.29. The summed E-state index contributed by atoms with van der Waals surface area (Å²) >= 11 is 0. The molecule has 2 aromatic carbocycles. The minimum Gasteiger partial charge on any atom is -0.494 e. The Bertz CT molecular complexity index is 1580. The van der Waals surface area contributed by atoms with Gasteiger partial charge in [0.15, 0.2) is 0 Å². The van der Waals surface area contributed by atoms with E-state index in [4.69, 9.17) is 9.72 Å². The van der Waals surface area contributed by atoms with Gasteiger partial charge >= 0.3 is 0 Å². The fraction of sp³-hybridized carbons (Fsp3) is 0.276. The van der Waals surface area contributed by atoms with Crippen LogP contribution in [-0.4, -0.2) is 77.1 Å². The predicted octanol–water partition coefficient (Wildman–Crippen LogP) is 4.25. The number of aryl methyl sites for hydroxylation is 1. The highest BCUT2D eigenvalue weighted by molar-refractivity contribution is 7.84. The molecule has 0 bridgehead atoms. The standard InChI is InChI=1S/C29H35N7O3S/c1-8-27(37)31-21-15-22(25(39-6)16-24(21)35(4)14-13-34(2)3)32-29-30-17-26(40(7)38)28(33-29)20-18-36(5)23-12-10-9-11-19(20)23/h8-12,15-18H,1,13-14H2,2-7H3,(H,31,37)(H,30,32,33). The van der Waals surface area contributed by atoms with Crippen LogP contribution in [0.1, 0.15) is 0 Å². The predicted molar refractivity (Wildman–Crippen MR) is 163 cm³/mol. The lowest BCUT2D eigenvalue weighted by molar-refractivity contribution is -0.111. The van der Waals surface area contributed by atoms with Crippen molar-refractivity contribution in [1.82, 2.24) is 19.4 Å². The molecule has 0 radical (unpaired) electrons. The molecular formula is C29H35N7O3S. The third kappa shape index (κ3) is 6.16. The number of carbonyl (C=O) groups excluding carboxylic acids is 1. The first-order chi connectivity index (χ1) is 19.1. The molecule has 2 heterocycles. The number of anilines is 4. The van der Waals surface area contributed by atoms with Gasteiger partial charge in [0.1, 0.15) is 5.75 Å². The Hall–Kier alpha value is -4.22. The Labute approximate surface area is 237 Å². The van der Waals surface area contributed by atoms with E-state index < -0.39 is 10.8 Å². The van der Waals surface area contributed by atoms with Crippen molar-refractivity contribution < 1.29 is 13.7 Å². The van der Waals surface area contributed by atoms with Gasteiger partial charge in [0.05, 0.1) is 45.6 Å². The highest BCUT2D eigenvalue weighted by Crippen LogP contribution is 2.39. The van der Waals surface area contributed by atoms with Crippen molar-refractivity contribution in [2.45, 2.75) is 4.90 Å². The van der Waals surface area contributed by atoms with E-state index in [1.165, 1.54) is 6.08 Å². The normalized spacial score (nSPS) is 11.9. The number of para-hydroxylation sites is 1. The molecule has 2 aromatic heterocycles. The number of carbonyl (C=O) groups is 1. The van der Waals surface area contributed by atoms with Crippen molar-refractivity contribution in [3.05, 3.63) is 61.4 Å². The van der Waals surface area contributed by atoms with Crippen LogP contribution in [0, 0.1) is 0 Å². The number of ether oxygens (including phenoxy) is 1. The van der Waals surface area contributed by atoms with E-state index >= 15 is 0 Å². The second-order valence-electron chi connectivity index (χ2n) is 9.64. The summed E-state index contributed by atoms with van der Waals surface area (Å²) in [6.07, 6.45) is 6.40. The van der Waals surface area contributed by atoms with Gasteiger partial charge in [-0.2, -0.15) is 0 Å². The maximum absolute atomic E-state index is 12.7. The molecule has 11 heteroatoms. The summed E-state index contributed by atoms with van der Waals surface area (Å²) in [4.78, 5) is 26.2. The molecule has 1 amide bonds. The number of nitrogens with one attached hydrogen (secondary N) is 2. The zero-order valence-electron chi connectivity index (χ0n) is 23.7. The van der Waals surface area contributed by atoms with Gasteiger partial charge in [0.25, 0.3) is 0 Å². The molecule has 0 fully saturated rings. The number of rotatable bonds is 11. The summed E-state index contributed by atoms with van der Waals surface area (Å²) in [5.74, 6) is 0.509. The van der Waals surface area contributed by atoms with Crippen LogP contribution in [0.3, 0.4) is 0 Å². The fourth-order valence-corrected chi connectivity index (χ4v) is 5.02. The molecule has 1 unspecified atom stereocenters. The van der Waals surface area contributed by atoms with E-state index in [1.807, 2.05) is 74.2 Å². The Morgan fingerprint density at radius 3 is 2.60 bits per heavy atom. The smallest absolute Gasteiger partial charge is 0.247 e. The van der Waals surface area contributed by atoms with Crippen LogP contribution in [0.25, 0.3) is 22.2 Å². The SMILES string of the molecule is C=CC(=O)Nc1cc(Nc2ncc(S(C)=O)c(-c3cn(C)c4ccccc34)n2)c(OC)cc1N(C)CCN(C)C. The van der Waals surface area contributed by atoms with Crippen molar-refractivity contribution in [2.24, 2.45) is 7.05 Å². The number of hydrogen-bond acceptors (Lipinski definition) is 8. The zero-order valence-corrected chi connectivity index (χ0v) is 24.5. The molecule has 0 saturated heterocycles. The lowest BCUT2D eigenvalue weighted by atomic mass is 10.1. The highest BCUT2D eigenvalue weighted by atomic mass is 32.2. The molecule has 4 rings (SSSR count). The molecule has 0 saturated carbocycles. The minimum absolute atomic E-state index is 0.296. The van der Waals surface area contributed by atoms with Gasteiger partial charge in [-0.05, 0) is 32.3 Å². The first-order valence-electron chi connectivity index (χ1n) is 12.7. The van der Waals surface area contributed by atoms with E-state index in [0.717, 1.165) is 35.2 Å². The third-order valence-corrected chi connectivity index (χ3v) is 7.44. The van der Waals surface area contributed by atoms with E-state index in [0.29, 0.717) is 33.7 Å². The summed E-state index contributed by atoms with van der Waals surface area (Å²) in [5, 5.41) is 7.14. The number of likely N-dealkylation sites (N-methyl/N-ethyl adjacent to an activating group) is 2. The van der Waals surface area contributed by atoms with Gasteiger partial charge in [0.2, 0.25) is 11.9 Å². The molecule has 10 nitrogen and oxygen atoms in total. The fourth-order valence-electron chi connectivity index (χ4n) is 4.39. The number of amides is 1. The van der Waals surface area contributed by atoms with E-state index in [-0.39, 0.29) is 5.91 Å². The van der Waals surface area contributed by atoms with Gasteiger partial charge in [-0.15, -0.1) is 0 Å². The van der Waals surface area contributed by atoms with Crippen LogP contribution in [0.15, 0.2) is 66.3 Å². The lowest BCUT2D eigenvalue weighted by Gasteiger charge is -2.26. The van der Waals surface area contributed by atoms with Gasteiger partial charge in [0, 0.05) is 68.4 Å². The zero-order chi connectivity index (χ0) is 29.0. The van der Waals surface area contributed by atoms with Crippen LogP contribution in [0.5, 0.6) is 5.75 Å². The first kappa shape index (κ1) is 28.8. The number of hydrogen-bond donors (Lipinski definition) is 2. The summed E-state index contributed by atoms with van der Waals surface area (Å²) in [5.41, 5.74) is 4.40. The molecule has 40 heavy (non-hydrogen) atoms. The molecule has 0 spiro atoms. The molecule has 210 valence electrons. The number of nitrogens with zero attached hydrogens (tertiary/aromatic N) is 5. The maximum atomic E-state index is 12.7. The van der Waals surface area contributed by atoms with Gasteiger partial charge in [-0.3, -0.25) is 9.00 Å². The van der Waals surface area contributed by atoms with Gasteiger partial charge in [-0.25, -0.2) is 9.97 Å². The molecule has 0 aliphatic carbocycles. The number of benzene rings is 2. The van der Waals surface area contributed by atoms with Crippen LogP contribution < -0.4 is 20.3 Å². The molecular weight excluding hydrogens is 526 g/mol. The third-order valence-electron chi connectivity index (χ3n) is 6.52. The van der Waals surface area contributed by atoms with Crippen molar-refractivity contribution >= 4 is 50.6 Å². The largest absolute Gasteiger partial charge is 0.494 e. The number of fused-ring (bicyclic) bond motifs is 1. The average molecular weight is 562 g/mol. The second kappa shape index (κ2) is 12.3. The van der Waals surface area contributed by atoms with Crippen molar-refractivity contribution in [1.29, 1.82) is 0 Å².